The molecule has 1 N–H and O–H groups in total. The maximum Gasteiger partial charge on any atom is 0.165 e. The predicted molar refractivity (Wildman–Crippen MR) is 64.9 cm³/mol. The van der Waals surface area contributed by atoms with Gasteiger partial charge in [0, 0.05) is 30.7 Å². The van der Waals surface area contributed by atoms with Crippen molar-refractivity contribution >= 4 is 10.8 Å². The van der Waals surface area contributed by atoms with Crippen molar-refractivity contribution < 1.29 is 8.95 Å². The maximum absolute atomic E-state index is 11.3. The summed E-state index contributed by atoms with van der Waals surface area (Å²) < 4.78 is 17.9. The van der Waals surface area contributed by atoms with Crippen molar-refractivity contribution in [2.24, 2.45) is 0 Å². The SMILES string of the molecule is COCCNCc1nnnn1CC(C)S(C)=O. The summed E-state index contributed by atoms with van der Waals surface area (Å²) in [7, 11) is 0.788. The Labute approximate surface area is 103 Å². The van der Waals surface area contributed by atoms with Crippen molar-refractivity contribution in [2.75, 3.05) is 26.5 Å². The summed E-state index contributed by atoms with van der Waals surface area (Å²) in [6, 6.07) is 0. The van der Waals surface area contributed by atoms with Crippen LogP contribution in [-0.2, 0) is 28.6 Å². The molecular formula is C9H19N5O2S. The highest BCUT2D eigenvalue weighted by molar-refractivity contribution is 7.84. The molecule has 0 radical (unpaired) electrons. The molecule has 1 aromatic rings. The Morgan fingerprint density at radius 2 is 2.35 bits per heavy atom. The molecule has 1 heterocycles. The third-order valence-electron chi connectivity index (χ3n) is 2.37. The molecule has 0 aliphatic heterocycles. The zero-order valence-electron chi connectivity index (χ0n) is 10.4. The number of hydrogen-bond acceptors (Lipinski definition) is 6. The fraction of sp³-hybridized carbons (Fsp3) is 0.889. The third-order valence-corrected chi connectivity index (χ3v) is 3.65. The van der Waals surface area contributed by atoms with E-state index in [1.54, 1.807) is 18.0 Å². The molecule has 0 fully saturated rings. The van der Waals surface area contributed by atoms with Gasteiger partial charge in [0.1, 0.15) is 0 Å². The zero-order valence-corrected chi connectivity index (χ0v) is 11.2. The Balaban J connectivity index is 2.45. The number of hydrogen-bond donors (Lipinski definition) is 1. The minimum Gasteiger partial charge on any atom is -0.383 e. The number of aromatic nitrogens is 4. The third kappa shape index (κ3) is 4.88. The number of ether oxygens (including phenoxy) is 1. The van der Waals surface area contributed by atoms with Crippen LogP contribution in [0.15, 0.2) is 0 Å². The first-order valence-electron chi connectivity index (χ1n) is 5.42. The number of nitrogens with one attached hydrogen (secondary N) is 1. The lowest BCUT2D eigenvalue weighted by molar-refractivity contribution is 0.198. The van der Waals surface area contributed by atoms with Crippen LogP contribution in [0.5, 0.6) is 0 Å². The summed E-state index contributed by atoms with van der Waals surface area (Å²) in [6.07, 6.45) is 1.69. The number of rotatable bonds is 8. The van der Waals surface area contributed by atoms with E-state index in [1.807, 2.05) is 6.92 Å². The molecule has 0 aliphatic rings. The van der Waals surface area contributed by atoms with Crippen molar-refractivity contribution in [3.63, 3.8) is 0 Å². The molecular weight excluding hydrogens is 242 g/mol. The lowest BCUT2D eigenvalue weighted by Crippen LogP contribution is -2.24. The van der Waals surface area contributed by atoms with E-state index in [0.717, 1.165) is 12.4 Å². The second-order valence-electron chi connectivity index (χ2n) is 3.76. The summed E-state index contributed by atoms with van der Waals surface area (Å²) in [5.74, 6) is 0.749. The van der Waals surface area contributed by atoms with E-state index in [9.17, 15) is 4.21 Å². The smallest absolute Gasteiger partial charge is 0.165 e. The second kappa shape index (κ2) is 7.46. The van der Waals surface area contributed by atoms with Gasteiger partial charge in [0.2, 0.25) is 0 Å². The van der Waals surface area contributed by atoms with Gasteiger partial charge in [-0.1, -0.05) is 0 Å². The highest BCUT2D eigenvalue weighted by atomic mass is 32.2. The topological polar surface area (TPSA) is 81.9 Å². The van der Waals surface area contributed by atoms with Crippen molar-refractivity contribution in [1.82, 2.24) is 25.5 Å². The van der Waals surface area contributed by atoms with Crippen molar-refractivity contribution in [3.8, 4) is 0 Å². The molecule has 0 saturated heterocycles. The molecule has 0 spiro atoms. The predicted octanol–water partition coefficient (Wildman–Crippen LogP) is -0.824. The normalized spacial score (nSPS) is 14.8. The van der Waals surface area contributed by atoms with Gasteiger partial charge in [0.25, 0.3) is 0 Å². The maximum atomic E-state index is 11.3. The summed E-state index contributed by atoms with van der Waals surface area (Å²) >= 11 is 0. The van der Waals surface area contributed by atoms with Gasteiger partial charge in [-0.3, -0.25) is 4.21 Å². The van der Waals surface area contributed by atoms with E-state index in [2.05, 4.69) is 20.8 Å². The van der Waals surface area contributed by atoms with Gasteiger partial charge in [-0.25, -0.2) is 4.68 Å². The quantitative estimate of drug-likeness (QED) is 0.616. The lowest BCUT2D eigenvalue weighted by atomic mass is 10.4. The Morgan fingerprint density at radius 3 is 3.00 bits per heavy atom. The first kappa shape index (κ1) is 14.2. The molecule has 1 aromatic heterocycles. The molecule has 0 bridgehead atoms. The van der Waals surface area contributed by atoms with Crippen LogP contribution in [0.4, 0.5) is 0 Å². The van der Waals surface area contributed by atoms with Gasteiger partial charge in [-0.05, 0) is 17.4 Å². The van der Waals surface area contributed by atoms with Gasteiger partial charge >= 0.3 is 0 Å². The Kier molecular flexibility index (Phi) is 6.23. The monoisotopic (exact) mass is 261 g/mol. The van der Waals surface area contributed by atoms with E-state index in [0.29, 0.717) is 19.7 Å². The van der Waals surface area contributed by atoms with E-state index in [-0.39, 0.29) is 5.25 Å². The van der Waals surface area contributed by atoms with Crippen LogP contribution >= 0.6 is 0 Å². The molecule has 2 unspecified atom stereocenters. The molecule has 0 aromatic carbocycles. The van der Waals surface area contributed by atoms with Crippen molar-refractivity contribution in [3.05, 3.63) is 5.82 Å². The molecule has 1 rings (SSSR count). The number of nitrogens with zero attached hydrogens (tertiary/aromatic N) is 4. The highest BCUT2D eigenvalue weighted by Gasteiger charge is 2.12. The first-order chi connectivity index (χ1) is 8.15. The molecule has 0 aliphatic carbocycles. The summed E-state index contributed by atoms with van der Waals surface area (Å²) in [5.41, 5.74) is 0. The Bertz CT molecular complexity index is 357. The van der Waals surface area contributed by atoms with Gasteiger partial charge < -0.3 is 10.1 Å². The summed E-state index contributed by atoms with van der Waals surface area (Å²) in [6.45, 7) is 4.46. The molecule has 0 saturated carbocycles. The van der Waals surface area contributed by atoms with E-state index >= 15 is 0 Å². The molecule has 0 amide bonds. The van der Waals surface area contributed by atoms with Gasteiger partial charge in [-0.15, -0.1) is 5.10 Å². The van der Waals surface area contributed by atoms with E-state index in [4.69, 9.17) is 4.74 Å². The second-order valence-corrected chi connectivity index (χ2v) is 5.56. The van der Waals surface area contributed by atoms with Crippen LogP contribution in [0.2, 0.25) is 0 Å². The minimum atomic E-state index is -0.869. The number of tetrazole rings is 1. The van der Waals surface area contributed by atoms with Crippen LogP contribution < -0.4 is 5.32 Å². The summed E-state index contributed by atoms with van der Waals surface area (Å²) in [5, 5.41) is 14.6. The van der Waals surface area contributed by atoms with Crippen LogP contribution in [0.1, 0.15) is 12.7 Å². The van der Waals surface area contributed by atoms with Crippen LogP contribution in [0.25, 0.3) is 0 Å². The molecule has 2 atom stereocenters. The van der Waals surface area contributed by atoms with Crippen molar-refractivity contribution in [2.45, 2.75) is 25.3 Å². The van der Waals surface area contributed by atoms with Gasteiger partial charge in [0.05, 0.1) is 24.9 Å². The first-order valence-corrected chi connectivity index (χ1v) is 7.04. The van der Waals surface area contributed by atoms with E-state index < -0.39 is 10.8 Å². The molecule has 98 valence electrons. The standard InChI is InChI=1S/C9H19N5O2S/c1-8(17(3)15)7-14-9(11-12-13-14)6-10-4-5-16-2/h8,10H,4-7H2,1-3H3. The Morgan fingerprint density at radius 1 is 1.59 bits per heavy atom. The van der Waals surface area contributed by atoms with Gasteiger partial charge in [-0.2, -0.15) is 0 Å². The average Bonchev–Trinajstić information content (AvgIpc) is 2.72. The fourth-order valence-corrected chi connectivity index (χ4v) is 1.57. The zero-order chi connectivity index (χ0) is 12.7. The van der Waals surface area contributed by atoms with Crippen LogP contribution in [0.3, 0.4) is 0 Å². The molecule has 17 heavy (non-hydrogen) atoms. The average molecular weight is 261 g/mol. The molecule has 8 heteroatoms. The fourth-order valence-electron chi connectivity index (χ4n) is 1.21. The summed E-state index contributed by atoms with van der Waals surface area (Å²) in [4.78, 5) is 0. The van der Waals surface area contributed by atoms with Crippen LogP contribution in [0, 0.1) is 0 Å². The largest absolute Gasteiger partial charge is 0.383 e. The van der Waals surface area contributed by atoms with Gasteiger partial charge in [0.15, 0.2) is 5.82 Å². The Hall–Kier alpha value is -0.860. The lowest BCUT2D eigenvalue weighted by Gasteiger charge is -2.09. The number of methoxy groups -OCH3 is 1. The highest BCUT2D eigenvalue weighted by Crippen LogP contribution is 1.99. The van der Waals surface area contributed by atoms with Crippen LogP contribution in [-0.4, -0.2) is 56.2 Å². The van der Waals surface area contributed by atoms with Crippen molar-refractivity contribution in [1.29, 1.82) is 0 Å². The van der Waals surface area contributed by atoms with E-state index in [1.165, 1.54) is 0 Å². The minimum absolute atomic E-state index is 0.0382. The molecule has 7 nitrogen and oxygen atoms in total.